The third-order valence-electron chi connectivity index (χ3n) is 18.2. The van der Waals surface area contributed by atoms with Crippen LogP contribution < -0.4 is 19.6 Å². The SMILES string of the molecule is CCCCN(CCCC)c1ccc(C#Cc2cc3c4c(ccc5c6c(C#Cc7ccc(N(CCCC)CCCC)cc7)cc7c8c(ccc(c2c45)c86)C(=O)N(c2c(C(C)C)cccc2C(C)C)C7=O)C(=O)N(c2c(C(C)C)cccc2C(C)C)C3=O)cc1. The van der Waals surface area contributed by atoms with Crippen LogP contribution in [0, 0.1) is 23.7 Å². The monoisotopic (exact) mass is 1160 g/mol. The van der Waals surface area contributed by atoms with Gasteiger partial charge in [-0.25, -0.2) is 9.80 Å². The van der Waals surface area contributed by atoms with Gasteiger partial charge in [0.2, 0.25) is 0 Å². The Bertz CT molecular complexity index is 3980. The first kappa shape index (κ1) is 60.9. The summed E-state index contributed by atoms with van der Waals surface area (Å²) >= 11 is 0. The fourth-order valence-corrected chi connectivity index (χ4v) is 13.5. The Kier molecular flexibility index (Phi) is 17.7. The second-order valence-electron chi connectivity index (χ2n) is 25.6. The summed E-state index contributed by atoms with van der Waals surface area (Å²) in [4.78, 5) is 71.0. The number of amides is 4. The van der Waals surface area contributed by atoms with Crippen molar-refractivity contribution >= 4 is 89.5 Å². The standard InChI is InChI=1S/C80H84N4O4/c1-13-17-43-81(44-18-14-2)57-35-29-53(30-36-57)27-33-55-47-67-71-65(77(85)83(79(67)87)75-59(49(5)6)23-21-24-60(75)50(7)8)42-40-64-70-56(34-28-54-31-37-58(38-32-54)82(45-19-15-3)46-20-16-4)48-68-72-66(41-39-63(74(70)72)69(55)73(64)71)78(86)84(80(68)88)76-61(51(9)10)25-22-26-62(76)52(11)12/h21-26,29-32,35-42,47-52H,13-20,43-46H2,1-12H3. The molecule has 88 heavy (non-hydrogen) atoms. The van der Waals surface area contributed by atoms with E-state index in [1.54, 1.807) is 0 Å². The van der Waals surface area contributed by atoms with Gasteiger partial charge in [-0.1, -0.05) is 181 Å². The highest BCUT2D eigenvalue weighted by Gasteiger charge is 2.42. The molecule has 8 nitrogen and oxygen atoms in total. The molecule has 0 atom stereocenters. The van der Waals surface area contributed by atoms with Crippen LogP contribution in [-0.2, 0) is 0 Å². The summed E-state index contributed by atoms with van der Waals surface area (Å²) in [5.41, 5.74) is 11.6. The number of hydrogen-bond donors (Lipinski definition) is 0. The van der Waals surface area contributed by atoms with Gasteiger partial charge in [-0.15, -0.1) is 0 Å². The number of nitrogens with zero attached hydrogens (tertiary/aromatic N) is 4. The smallest absolute Gasteiger partial charge is 0.266 e. The van der Waals surface area contributed by atoms with E-state index in [0.29, 0.717) is 66.3 Å². The number of fused-ring (bicyclic) bond motifs is 2. The van der Waals surface area contributed by atoms with E-state index in [9.17, 15) is 0 Å². The second-order valence-corrected chi connectivity index (χ2v) is 25.6. The fraction of sp³-hybridized carbons (Fsp3) is 0.350. The Morgan fingerprint density at radius 1 is 0.352 bits per heavy atom. The zero-order chi connectivity index (χ0) is 62.2. The summed E-state index contributed by atoms with van der Waals surface area (Å²) in [7, 11) is 0. The van der Waals surface area contributed by atoms with Gasteiger partial charge in [-0.05, 0) is 155 Å². The molecular weight excluding hydrogens is 1080 g/mol. The van der Waals surface area contributed by atoms with Crippen LogP contribution >= 0.6 is 0 Å². The van der Waals surface area contributed by atoms with Crippen LogP contribution in [0.1, 0.15) is 244 Å². The number of unbranched alkanes of at least 4 members (excludes halogenated alkanes) is 4. The number of anilines is 4. The minimum Gasteiger partial charge on any atom is -0.372 e. The third kappa shape index (κ3) is 10.9. The Hall–Kier alpha value is -8.72. The maximum absolute atomic E-state index is 15.9. The van der Waals surface area contributed by atoms with Gasteiger partial charge in [0.05, 0.1) is 22.5 Å². The highest BCUT2D eigenvalue weighted by Crippen LogP contribution is 2.51. The predicted molar refractivity (Wildman–Crippen MR) is 368 cm³/mol. The van der Waals surface area contributed by atoms with Gasteiger partial charge in [0.1, 0.15) is 0 Å². The largest absolute Gasteiger partial charge is 0.372 e. The summed E-state index contributed by atoms with van der Waals surface area (Å²) < 4.78 is 0. The zero-order valence-corrected chi connectivity index (χ0v) is 53.8. The Morgan fingerprint density at radius 2 is 0.659 bits per heavy atom. The van der Waals surface area contributed by atoms with Crippen LogP contribution in [0.3, 0.4) is 0 Å². The first-order chi connectivity index (χ1) is 42.5. The molecule has 0 fully saturated rings. The van der Waals surface area contributed by atoms with E-state index in [2.05, 4.69) is 165 Å². The Morgan fingerprint density at radius 3 is 0.955 bits per heavy atom. The lowest BCUT2D eigenvalue weighted by Crippen LogP contribution is -2.42. The molecule has 8 heteroatoms. The lowest BCUT2D eigenvalue weighted by Gasteiger charge is -2.34. The number of carbonyl (C=O) groups excluding carboxylic acids is 4. The van der Waals surface area contributed by atoms with Gasteiger partial charge in [0.25, 0.3) is 23.6 Å². The number of benzene rings is 9. The molecule has 0 saturated carbocycles. The van der Waals surface area contributed by atoms with Crippen molar-refractivity contribution in [3.05, 3.63) is 188 Å². The van der Waals surface area contributed by atoms with Gasteiger partial charge < -0.3 is 9.80 Å². The average Bonchev–Trinajstić information content (AvgIpc) is 0.684. The van der Waals surface area contributed by atoms with Crippen LogP contribution in [-0.4, -0.2) is 49.8 Å². The van der Waals surface area contributed by atoms with E-state index in [1.165, 1.54) is 9.80 Å². The van der Waals surface area contributed by atoms with Gasteiger partial charge >= 0.3 is 0 Å². The first-order valence-electron chi connectivity index (χ1n) is 32.6. The highest BCUT2D eigenvalue weighted by molar-refractivity contribution is 6.46. The van der Waals surface area contributed by atoms with E-state index < -0.39 is 23.6 Å². The number of carbonyl (C=O) groups is 4. The van der Waals surface area contributed by atoms with Crippen LogP contribution in [0.5, 0.6) is 0 Å². The van der Waals surface area contributed by atoms with Crippen LogP contribution in [0.15, 0.2) is 121 Å². The Labute approximate surface area is 521 Å². The second kappa shape index (κ2) is 25.5. The summed E-state index contributed by atoms with van der Waals surface area (Å²) in [5, 5.41) is 5.49. The maximum Gasteiger partial charge on any atom is 0.266 e. The molecule has 4 amide bonds. The molecule has 2 aliphatic heterocycles. The molecule has 0 aromatic heterocycles. The normalized spacial score (nSPS) is 13.1. The molecule has 448 valence electrons. The molecule has 0 unspecified atom stereocenters. The van der Waals surface area contributed by atoms with E-state index in [0.717, 1.165) is 144 Å². The number of para-hydroxylation sites is 2. The van der Waals surface area contributed by atoms with Gasteiger partial charge in [0.15, 0.2) is 0 Å². The summed E-state index contributed by atoms with van der Waals surface area (Å²) in [6, 6.07) is 40.6. The van der Waals surface area contributed by atoms with Crippen molar-refractivity contribution in [2.24, 2.45) is 0 Å². The highest BCUT2D eigenvalue weighted by atomic mass is 16.2. The van der Waals surface area contributed by atoms with Gasteiger partial charge in [-0.2, -0.15) is 0 Å². The molecule has 0 spiro atoms. The van der Waals surface area contributed by atoms with Crippen molar-refractivity contribution in [1.82, 2.24) is 0 Å². The fourth-order valence-electron chi connectivity index (χ4n) is 13.5. The minimum absolute atomic E-state index is 0.0136. The summed E-state index contributed by atoms with van der Waals surface area (Å²) in [6.07, 6.45) is 8.88. The topological polar surface area (TPSA) is 81.2 Å². The van der Waals surface area contributed by atoms with Crippen LogP contribution in [0.2, 0.25) is 0 Å². The van der Waals surface area contributed by atoms with Crippen molar-refractivity contribution in [2.45, 2.75) is 158 Å². The number of rotatable bonds is 20. The molecule has 0 saturated heterocycles. The van der Waals surface area contributed by atoms with Crippen molar-refractivity contribution in [3.8, 4) is 23.7 Å². The Balaban J connectivity index is 1.21. The van der Waals surface area contributed by atoms with E-state index in [-0.39, 0.29) is 23.7 Å². The van der Waals surface area contributed by atoms with Crippen molar-refractivity contribution in [3.63, 3.8) is 0 Å². The quantitative estimate of drug-likeness (QED) is 0.0327. The third-order valence-corrected chi connectivity index (χ3v) is 18.2. The predicted octanol–water partition coefficient (Wildman–Crippen LogP) is 19.4. The summed E-state index contributed by atoms with van der Waals surface area (Å²) in [6.45, 7) is 29.6. The van der Waals surface area contributed by atoms with E-state index >= 15 is 19.2 Å². The van der Waals surface area contributed by atoms with E-state index in [1.807, 2.05) is 72.8 Å². The van der Waals surface area contributed by atoms with Gasteiger partial charge in [-0.3, -0.25) is 19.2 Å². The lowest BCUT2D eigenvalue weighted by molar-refractivity contribution is 0.0877. The molecule has 2 aliphatic rings. The van der Waals surface area contributed by atoms with Crippen molar-refractivity contribution in [2.75, 3.05) is 45.8 Å². The van der Waals surface area contributed by atoms with Crippen LogP contribution in [0.25, 0.3) is 43.1 Å². The molecule has 9 aromatic rings. The molecule has 0 aliphatic carbocycles. The number of hydrogen-bond acceptors (Lipinski definition) is 6. The molecule has 11 rings (SSSR count). The lowest BCUT2D eigenvalue weighted by atomic mass is 9.79. The van der Waals surface area contributed by atoms with Crippen molar-refractivity contribution < 1.29 is 19.2 Å². The molecule has 0 bridgehead atoms. The van der Waals surface area contributed by atoms with Crippen LogP contribution in [0.4, 0.5) is 22.7 Å². The molecule has 0 radical (unpaired) electrons. The first-order valence-corrected chi connectivity index (χ1v) is 32.6. The zero-order valence-electron chi connectivity index (χ0n) is 53.8. The molecule has 9 aromatic carbocycles. The molecule has 2 heterocycles. The molecular formula is C80H84N4O4. The van der Waals surface area contributed by atoms with Crippen molar-refractivity contribution in [1.29, 1.82) is 0 Å². The number of imide groups is 2. The molecule has 0 N–H and O–H groups in total. The average molecular weight is 1170 g/mol. The summed E-state index contributed by atoms with van der Waals surface area (Å²) in [5.74, 6) is 12.8. The maximum atomic E-state index is 15.9. The minimum atomic E-state index is -0.413. The van der Waals surface area contributed by atoms with E-state index in [4.69, 9.17) is 0 Å². The van der Waals surface area contributed by atoms with Gasteiger partial charge in [0, 0.05) is 103 Å².